The van der Waals surface area contributed by atoms with Gasteiger partial charge in [-0.3, -0.25) is 4.99 Å². The van der Waals surface area contributed by atoms with Crippen molar-refractivity contribution in [3.63, 3.8) is 0 Å². The Morgan fingerprint density at radius 3 is 2.72 bits per heavy atom. The zero-order valence-electron chi connectivity index (χ0n) is 20.2. The molecule has 3 rings (SSSR count). The molecule has 2 atom stereocenters. The lowest BCUT2D eigenvalue weighted by atomic mass is 10.0. The zero-order valence-corrected chi connectivity index (χ0v) is 22.5. The van der Waals surface area contributed by atoms with Crippen molar-refractivity contribution < 1.29 is 9.47 Å². The number of guanidine groups is 1. The van der Waals surface area contributed by atoms with Crippen LogP contribution in [0.1, 0.15) is 52.0 Å². The smallest absolute Gasteiger partial charge is 0.213 e. The Labute approximate surface area is 211 Å². The van der Waals surface area contributed by atoms with Gasteiger partial charge in [-0.1, -0.05) is 13.8 Å². The van der Waals surface area contributed by atoms with Gasteiger partial charge in [0.1, 0.15) is 0 Å². The summed E-state index contributed by atoms with van der Waals surface area (Å²) >= 11 is 0. The van der Waals surface area contributed by atoms with Gasteiger partial charge in [0, 0.05) is 58.1 Å². The van der Waals surface area contributed by atoms with Crippen molar-refractivity contribution >= 4 is 29.9 Å². The van der Waals surface area contributed by atoms with Gasteiger partial charge in [0.05, 0.1) is 12.7 Å². The van der Waals surface area contributed by atoms with E-state index in [9.17, 15) is 0 Å². The molecule has 1 aromatic rings. The largest absolute Gasteiger partial charge is 0.475 e. The molecule has 1 aromatic heterocycles. The van der Waals surface area contributed by atoms with E-state index in [4.69, 9.17) is 9.47 Å². The summed E-state index contributed by atoms with van der Waals surface area (Å²) in [7, 11) is 1.83. The number of likely N-dealkylation sites (tertiary alicyclic amines) is 1. The topological polar surface area (TPSA) is 71.0 Å². The number of ether oxygens (including phenoxy) is 2. The Bertz CT molecular complexity index is 689. The first-order chi connectivity index (χ1) is 15.0. The van der Waals surface area contributed by atoms with Gasteiger partial charge in [0.25, 0.3) is 0 Å². The van der Waals surface area contributed by atoms with Gasteiger partial charge in [-0.2, -0.15) is 0 Å². The third-order valence-corrected chi connectivity index (χ3v) is 6.08. The molecular formula is C24H42IN5O2. The van der Waals surface area contributed by atoms with E-state index < -0.39 is 0 Å². The molecule has 2 aliphatic heterocycles. The highest BCUT2D eigenvalue weighted by Gasteiger charge is 2.24. The van der Waals surface area contributed by atoms with E-state index in [0.29, 0.717) is 24.4 Å². The standard InChI is InChI=1S/C24H41N5O2.HI/c1-18(2)13-19(3)31-23-14-20(5-9-26-23)15-27-24(25-4)28-22-6-10-29(11-7-22)16-21-8-12-30-17-21;/h5,9,14,18-19,21-22H,6-8,10-13,15-17H2,1-4H3,(H2,25,27,28);1H. The normalized spacial score (nSPS) is 21.3. The molecule has 2 fully saturated rings. The molecule has 8 heteroatoms. The minimum Gasteiger partial charge on any atom is -0.475 e. The van der Waals surface area contributed by atoms with Crippen LogP contribution in [0.2, 0.25) is 0 Å². The monoisotopic (exact) mass is 559 g/mol. The van der Waals surface area contributed by atoms with Gasteiger partial charge in [-0.05, 0) is 56.1 Å². The Hall–Kier alpha value is -1.13. The summed E-state index contributed by atoms with van der Waals surface area (Å²) in [6.45, 7) is 12.6. The van der Waals surface area contributed by atoms with Crippen LogP contribution in [0.3, 0.4) is 0 Å². The molecule has 2 unspecified atom stereocenters. The minimum atomic E-state index is 0. The molecule has 32 heavy (non-hydrogen) atoms. The predicted octanol–water partition coefficient (Wildman–Crippen LogP) is 3.68. The average Bonchev–Trinajstić information content (AvgIpc) is 3.25. The summed E-state index contributed by atoms with van der Waals surface area (Å²) in [5.74, 6) is 2.88. The Morgan fingerprint density at radius 2 is 2.06 bits per heavy atom. The van der Waals surface area contributed by atoms with Gasteiger partial charge in [-0.15, -0.1) is 24.0 Å². The SMILES string of the molecule is CN=C(NCc1ccnc(OC(C)CC(C)C)c1)NC1CCN(CC2CCOC2)CC1.I. The molecule has 0 bridgehead atoms. The van der Waals surface area contributed by atoms with Gasteiger partial charge < -0.3 is 25.0 Å². The number of rotatable bonds is 9. The molecule has 0 radical (unpaired) electrons. The average molecular weight is 560 g/mol. The number of hydrogen-bond donors (Lipinski definition) is 2. The first-order valence-corrected chi connectivity index (χ1v) is 11.9. The second-order valence-electron chi connectivity index (χ2n) is 9.43. The number of nitrogens with zero attached hydrogens (tertiary/aromatic N) is 3. The zero-order chi connectivity index (χ0) is 22.1. The lowest BCUT2D eigenvalue weighted by Gasteiger charge is -2.34. The maximum atomic E-state index is 5.98. The molecule has 0 aliphatic carbocycles. The number of halogens is 1. The van der Waals surface area contributed by atoms with Crippen LogP contribution in [0.25, 0.3) is 0 Å². The molecule has 0 amide bonds. The molecule has 2 aliphatic rings. The van der Waals surface area contributed by atoms with E-state index >= 15 is 0 Å². The maximum Gasteiger partial charge on any atom is 0.213 e. The number of piperidine rings is 1. The van der Waals surface area contributed by atoms with Crippen LogP contribution < -0.4 is 15.4 Å². The van der Waals surface area contributed by atoms with E-state index in [2.05, 4.69) is 46.3 Å². The maximum absolute atomic E-state index is 5.98. The Balaban J connectivity index is 0.00000363. The molecule has 7 nitrogen and oxygen atoms in total. The van der Waals surface area contributed by atoms with Crippen molar-refractivity contribution in [2.75, 3.05) is 39.9 Å². The number of nitrogens with one attached hydrogen (secondary N) is 2. The van der Waals surface area contributed by atoms with Crippen LogP contribution in [0.5, 0.6) is 5.88 Å². The van der Waals surface area contributed by atoms with Crippen molar-refractivity contribution in [2.45, 2.75) is 65.1 Å². The minimum absolute atomic E-state index is 0. The highest BCUT2D eigenvalue weighted by atomic mass is 127. The van der Waals surface area contributed by atoms with Crippen molar-refractivity contribution in [1.82, 2.24) is 20.5 Å². The van der Waals surface area contributed by atoms with Crippen LogP contribution in [-0.4, -0.2) is 67.9 Å². The molecule has 0 aromatic carbocycles. The lowest BCUT2D eigenvalue weighted by molar-refractivity contribution is 0.150. The fraction of sp³-hybridized carbons (Fsp3) is 0.750. The molecule has 0 saturated carbocycles. The van der Waals surface area contributed by atoms with Crippen LogP contribution in [0.4, 0.5) is 0 Å². The lowest BCUT2D eigenvalue weighted by Crippen LogP contribution is -2.49. The Kier molecular flexibility index (Phi) is 12.0. The van der Waals surface area contributed by atoms with E-state index in [0.717, 1.165) is 63.0 Å². The molecule has 2 N–H and O–H groups in total. The molecule has 182 valence electrons. The quantitative estimate of drug-likeness (QED) is 0.274. The van der Waals surface area contributed by atoms with Gasteiger partial charge in [-0.25, -0.2) is 4.98 Å². The molecule has 2 saturated heterocycles. The first-order valence-electron chi connectivity index (χ1n) is 11.9. The second-order valence-corrected chi connectivity index (χ2v) is 9.43. The van der Waals surface area contributed by atoms with E-state index in [-0.39, 0.29) is 30.1 Å². The van der Waals surface area contributed by atoms with Gasteiger partial charge in [0.2, 0.25) is 5.88 Å². The van der Waals surface area contributed by atoms with Crippen LogP contribution >= 0.6 is 24.0 Å². The molecule has 3 heterocycles. The number of aromatic nitrogens is 1. The van der Waals surface area contributed by atoms with Crippen molar-refractivity contribution in [2.24, 2.45) is 16.8 Å². The van der Waals surface area contributed by atoms with Gasteiger partial charge >= 0.3 is 0 Å². The Morgan fingerprint density at radius 1 is 1.28 bits per heavy atom. The third kappa shape index (κ3) is 9.39. The predicted molar refractivity (Wildman–Crippen MR) is 141 cm³/mol. The highest BCUT2D eigenvalue weighted by molar-refractivity contribution is 14.0. The van der Waals surface area contributed by atoms with Crippen LogP contribution in [0.15, 0.2) is 23.3 Å². The van der Waals surface area contributed by atoms with Crippen molar-refractivity contribution in [1.29, 1.82) is 0 Å². The molecular weight excluding hydrogens is 517 g/mol. The molecule has 0 spiro atoms. The summed E-state index contributed by atoms with van der Waals surface area (Å²) in [6, 6.07) is 4.50. The van der Waals surface area contributed by atoms with Crippen molar-refractivity contribution in [3.05, 3.63) is 23.9 Å². The van der Waals surface area contributed by atoms with Crippen molar-refractivity contribution in [3.8, 4) is 5.88 Å². The number of pyridine rings is 1. The number of aliphatic imine (C=N–C) groups is 1. The summed E-state index contributed by atoms with van der Waals surface area (Å²) in [4.78, 5) is 11.4. The fourth-order valence-corrected chi connectivity index (χ4v) is 4.47. The van der Waals surface area contributed by atoms with Crippen LogP contribution in [0, 0.1) is 11.8 Å². The van der Waals surface area contributed by atoms with Crippen LogP contribution in [-0.2, 0) is 11.3 Å². The second kappa shape index (κ2) is 14.2. The van der Waals surface area contributed by atoms with Gasteiger partial charge in [0.15, 0.2) is 5.96 Å². The van der Waals surface area contributed by atoms with E-state index in [1.807, 2.05) is 25.4 Å². The van der Waals surface area contributed by atoms with E-state index in [1.54, 1.807) is 0 Å². The van der Waals surface area contributed by atoms with E-state index in [1.165, 1.54) is 13.0 Å². The third-order valence-electron chi connectivity index (χ3n) is 6.08. The first kappa shape index (κ1) is 27.1. The summed E-state index contributed by atoms with van der Waals surface area (Å²) < 4.78 is 11.5. The fourth-order valence-electron chi connectivity index (χ4n) is 4.47. The number of hydrogen-bond acceptors (Lipinski definition) is 5. The highest BCUT2D eigenvalue weighted by Crippen LogP contribution is 2.18. The summed E-state index contributed by atoms with van der Waals surface area (Å²) in [5.41, 5.74) is 1.14. The summed E-state index contributed by atoms with van der Waals surface area (Å²) in [6.07, 6.45) is 6.51. The summed E-state index contributed by atoms with van der Waals surface area (Å²) in [5, 5.41) is 7.04.